The number of rotatable bonds is 8. The van der Waals surface area contributed by atoms with Gasteiger partial charge >= 0.3 is 5.69 Å². The van der Waals surface area contributed by atoms with E-state index in [1.165, 1.54) is 13.2 Å². The molecule has 4 rings (SSSR count). The molecule has 1 atom stereocenters. The van der Waals surface area contributed by atoms with E-state index in [-0.39, 0.29) is 24.1 Å². The second kappa shape index (κ2) is 8.36. The first kappa shape index (κ1) is 20.8. The highest BCUT2D eigenvalue weighted by atomic mass is 16.6. The topological polar surface area (TPSA) is 136 Å². The van der Waals surface area contributed by atoms with E-state index in [1.807, 2.05) is 16.9 Å². The molecule has 0 aliphatic carbocycles. The number of nitrogens with two attached hydrogens (primary N) is 1. The van der Waals surface area contributed by atoms with Crippen molar-refractivity contribution in [2.45, 2.75) is 26.0 Å². The van der Waals surface area contributed by atoms with Gasteiger partial charge in [-0.2, -0.15) is 0 Å². The maximum atomic E-state index is 12.0. The Morgan fingerprint density at radius 1 is 1.45 bits per heavy atom. The summed E-state index contributed by atoms with van der Waals surface area (Å²) in [7, 11) is 1.39. The number of hydrogen-bond donors (Lipinski definition) is 2. The van der Waals surface area contributed by atoms with Crippen LogP contribution in [-0.4, -0.2) is 59.9 Å². The van der Waals surface area contributed by atoms with Gasteiger partial charge in [0, 0.05) is 24.4 Å². The number of nitrogens with zero attached hydrogens (tertiary/aromatic N) is 4. The van der Waals surface area contributed by atoms with Crippen LogP contribution in [0.15, 0.2) is 46.0 Å². The van der Waals surface area contributed by atoms with Gasteiger partial charge in [0.05, 0.1) is 43.4 Å². The van der Waals surface area contributed by atoms with Crippen LogP contribution in [-0.2, 0) is 16.1 Å². The number of amides is 1. The van der Waals surface area contributed by atoms with Gasteiger partial charge < -0.3 is 20.5 Å². The Morgan fingerprint density at radius 3 is 2.97 bits per heavy atom. The number of ether oxygens (including phenoxy) is 2. The number of hydrogen-bond acceptors (Lipinski definition) is 9. The highest BCUT2D eigenvalue weighted by molar-refractivity contribution is 5.95. The first-order valence-electron chi connectivity index (χ1n) is 9.90. The van der Waals surface area contributed by atoms with Crippen LogP contribution in [0.5, 0.6) is 5.75 Å². The Balaban J connectivity index is 1.44. The molecular weight excluding hydrogens is 404 g/mol. The highest BCUT2D eigenvalue weighted by Crippen LogP contribution is 2.35. The summed E-state index contributed by atoms with van der Waals surface area (Å²) < 4.78 is 10.9. The van der Waals surface area contributed by atoms with Gasteiger partial charge in [-0.3, -0.25) is 14.9 Å². The molecular formula is C20H24N6O5. The minimum absolute atomic E-state index is 0.103. The molecule has 3 N–H and O–H groups in total. The van der Waals surface area contributed by atoms with Crippen LogP contribution in [0.3, 0.4) is 0 Å². The van der Waals surface area contributed by atoms with E-state index >= 15 is 0 Å². The zero-order chi connectivity index (χ0) is 22.1. The highest BCUT2D eigenvalue weighted by Gasteiger charge is 2.40. The molecule has 164 valence electrons. The molecule has 0 spiro atoms. The van der Waals surface area contributed by atoms with Gasteiger partial charge in [0.1, 0.15) is 5.82 Å². The summed E-state index contributed by atoms with van der Waals surface area (Å²) in [6, 6.07) is 4.63. The smallest absolute Gasteiger partial charge is 0.311 e. The summed E-state index contributed by atoms with van der Waals surface area (Å²) in [6.07, 6.45) is 2.65. The fraction of sp³-hybridized carbons (Fsp3) is 0.400. The second-order valence-corrected chi connectivity index (χ2v) is 7.51. The van der Waals surface area contributed by atoms with Crippen molar-refractivity contribution in [3.63, 3.8) is 0 Å². The third-order valence-electron chi connectivity index (χ3n) is 5.47. The van der Waals surface area contributed by atoms with E-state index in [2.05, 4.69) is 10.3 Å². The Labute approximate surface area is 178 Å². The lowest BCUT2D eigenvalue weighted by molar-refractivity contribution is -0.385. The number of hydrazine groups is 1. The lowest BCUT2D eigenvalue weighted by atomic mass is 10.2. The molecule has 3 aliphatic heterocycles. The summed E-state index contributed by atoms with van der Waals surface area (Å²) >= 11 is 0. The van der Waals surface area contributed by atoms with Crippen LogP contribution < -0.4 is 15.8 Å². The van der Waals surface area contributed by atoms with Crippen molar-refractivity contribution in [2.75, 3.05) is 26.8 Å². The number of nitro groups is 1. The fourth-order valence-electron chi connectivity index (χ4n) is 3.89. The number of benzene rings is 1. The van der Waals surface area contributed by atoms with Crippen LogP contribution in [0.4, 0.5) is 5.69 Å². The SMILES string of the molecule is COc1ccc(COCC(C)N2CC(C(N)=O)=C3N=CC4=C(NCC4)N32)cc1[N+](=O)[O-]. The van der Waals surface area contributed by atoms with Gasteiger partial charge in [-0.25, -0.2) is 15.0 Å². The van der Waals surface area contributed by atoms with Crippen molar-refractivity contribution in [3.8, 4) is 5.75 Å². The van der Waals surface area contributed by atoms with Crippen molar-refractivity contribution in [1.82, 2.24) is 15.3 Å². The molecule has 11 heteroatoms. The number of nitro benzene ring substituents is 1. The van der Waals surface area contributed by atoms with Crippen LogP contribution in [0.2, 0.25) is 0 Å². The Hall–Kier alpha value is -3.44. The first-order valence-corrected chi connectivity index (χ1v) is 9.90. The van der Waals surface area contributed by atoms with Gasteiger partial charge in [-0.05, 0) is 25.0 Å². The molecule has 1 unspecified atom stereocenters. The van der Waals surface area contributed by atoms with Crippen LogP contribution in [0.25, 0.3) is 0 Å². The Kier molecular flexibility index (Phi) is 5.61. The van der Waals surface area contributed by atoms with Crippen molar-refractivity contribution < 1.29 is 19.2 Å². The third kappa shape index (κ3) is 3.84. The van der Waals surface area contributed by atoms with E-state index < -0.39 is 10.8 Å². The number of carbonyl (C=O) groups is 1. The molecule has 0 bridgehead atoms. The summed E-state index contributed by atoms with van der Waals surface area (Å²) in [5.41, 5.74) is 7.69. The molecule has 3 aliphatic rings. The standard InChI is InChI=1S/C20H24N6O5/c1-12(10-31-11-13-3-4-17(30-2)16(7-13)26(28)29)24-9-15(18(21)27)20-23-8-14-5-6-22-19(14)25(20)24/h3-4,7-8,12,22H,5-6,9-11H2,1-2H3,(H2,21,27). The summed E-state index contributed by atoms with van der Waals surface area (Å²) in [5, 5.41) is 18.5. The van der Waals surface area contributed by atoms with Crippen LogP contribution in [0, 0.1) is 10.1 Å². The zero-order valence-electron chi connectivity index (χ0n) is 17.3. The van der Waals surface area contributed by atoms with Gasteiger partial charge in [-0.15, -0.1) is 0 Å². The number of primary amides is 1. The van der Waals surface area contributed by atoms with Crippen molar-refractivity contribution in [2.24, 2.45) is 10.7 Å². The normalized spacial score (nSPS) is 18.7. The van der Waals surface area contributed by atoms with Crippen molar-refractivity contribution in [3.05, 3.63) is 56.7 Å². The third-order valence-corrected chi connectivity index (χ3v) is 5.47. The number of methoxy groups -OCH3 is 1. The fourth-order valence-corrected chi connectivity index (χ4v) is 3.89. The van der Waals surface area contributed by atoms with E-state index in [9.17, 15) is 14.9 Å². The van der Waals surface area contributed by atoms with Gasteiger partial charge in [0.2, 0.25) is 5.91 Å². The van der Waals surface area contributed by atoms with E-state index in [1.54, 1.807) is 18.3 Å². The van der Waals surface area contributed by atoms with Crippen molar-refractivity contribution >= 4 is 17.8 Å². The maximum Gasteiger partial charge on any atom is 0.311 e. The molecule has 1 aromatic carbocycles. The first-order chi connectivity index (χ1) is 14.9. The molecule has 1 aromatic rings. The molecule has 11 nitrogen and oxygen atoms in total. The Bertz CT molecular complexity index is 1020. The average molecular weight is 428 g/mol. The van der Waals surface area contributed by atoms with Gasteiger partial charge in [0.15, 0.2) is 11.6 Å². The second-order valence-electron chi connectivity index (χ2n) is 7.51. The summed E-state index contributed by atoms with van der Waals surface area (Å²) in [6.45, 7) is 3.66. The predicted molar refractivity (Wildman–Crippen MR) is 112 cm³/mol. The summed E-state index contributed by atoms with van der Waals surface area (Å²) in [4.78, 5) is 27.1. The van der Waals surface area contributed by atoms with E-state index in [4.69, 9.17) is 15.2 Å². The summed E-state index contributed by atoms with van der Waals surface area (Å²) in [5.74, 6) is 1.16. The number of nitrogens with one attached hydrogen (secondary N) is 1. The van der Waals surface area contributed by atoms with Gasteiger partial charge in [0.25, 0.3) is 0 Å². The molecule has 0 fully saturated rings. The van der Waals surface area contributed by atoms with Crippen LogP contribution >= 0.6 is 0 Å². The molecule has 0 saturated carbocycles. The minimum Gasteiger partial charge on any atom is -0.490 e. The monoisotopic (exact) mass is 428 g/mol. The quantitative estimate of drug-likeness (QED) is 0.463. The average Bonchev–Trinajstić information content (AvgIpc) is 3.37. The Morgan fingerprint density at radius 2 is 2.26 bits per heavy atom. The number of aliphatic imine (C=N–C) groups is 1. The lowest BCUT2D eigenvalue weighted by Gasteiger charge is -2.37. The number of carbonyl (C=O) groups excluding carboxylic acids is 1. The molecule has 1 amide bonds. The van der Waals surface area contributed by atoms with E-state index in [0.29, 0.717) is 30.1 Å². The molecule has 31 heavy (non-hydrogen) atoms. The predicted octanol–water partition coefficient (Wildman–Crippen LogP) is 1.03. The van der Waals surface area contributed by atoms with Gasteiger partial charge in [-0.1, -0.05) is 6.07 Å². The van der Waals surface area contributed by atoms with E-state index in [0.717, 1.165) is 24.4 Å². The zero-order valence-corrected chi connectivity index (χ0v) is 17.3. The minimum atomic E-state index is -0.500. The molecule has 0 radical (unpaired) electrons. The lowest BCUT2D eigenvalue weighted by Crippen LogP contribution is -2.47. The largest absolute Gasteiger partial charge is 0.490 e. The number of fused-ring (bicyclic) bond motifs is 2. The maximum absolute atomic E-state index is 12.0. The van der Waals surface area contributed by atoms with Crippen LogP contribution in [0.1, 0.15) is 18.9 Å². The van der Waals surface area contributed by atoms with Crippen molar-refractivity contribution in [1.29, 1.82) is 0 Å². The molecule has 0 saturated heterocycles. The molecule has 0 aromatic heterocycles. The molecule has 3 heterocycles.